The van der Waals surface area contributed by atoms with E-state index < -0.39 is 10.0 Å². The molecule has 0 atom stereocenters. The number of hydrogen-bond acceptors (Lipinski definition) is 4. The van der Waals surface area contributed by atoms with Crippen molar-refractivity contribution in [2.24, 2.45) is 0 Å². The van der Waals surface area contributed by atoms with E-state index in [1.165, 1.54) is 16.4 Å². The molecule has 3 rings (SSSR count). The topological polar surface area (TPSA) is 79.4 Å². The molecule has 1 heterocycles. The molecular weight excluding hydrogens is 398 g/mol. The van der Waals surface area contributed by atoms with Crippen LogP contribution in [0.1, 0.15) is 29.9 Å². The first kappa shape index (κ1) is 21.7. The van der Waals surface area contributed by atoms with Gasteiger partial charge in [-0.05, 0) is 57.2 Å². The number of benzene rings is 2. The number of amides is 1. The van der Waals surface area contributed by atoms with Crippen molar-refractivity contribution in [1.29, 1.82) is 0 Å². The zero-order chi connectivity index (χ0) is 21.9. The van der Waals surface area contributed by atoms with Crippen LogP contribution in [0.4, 0.5) is 5.69 Å². The summed E-state index contributed by atoms with van der Waals surface area (Å²) in [5.74, 6) is -0.297. The standard InChI is InChI=1S/C23H25N3O3S/c1-16(2)26(4)30(28,29)20-12-10-19(11-13-20)25-23(27)21-14-15-22(24-17(21)3)18-8-6-5-7-9-18/h5-16H,1-4H3,(H,25,27). The summed E-state index contributed by atoms with van der Waals surface area (Å²) in [5.41, 5.74) is 3.37. The van der Waals surface area contributed by atoms with E-state index in [-0.39, 0.29) is 16.8 Å². The first-order valence-corrected chi connectivity index (χ1v) is 11.1. The fourth-order valence-electron chi connectivity index (χ4n) is 2.92. The Balaban J connectivity index is 1.77. The third-order valence-electron chi connectivity index (χ3n) is 4.92. The molecule has 156 valence electrons. The molecule has 3 aromatic rings. The number of carbonyl (C=O) groups excluding carboxylic acids is 1. The van der Waals surface area contributed by atoms with Gasteiger partial charge in [-0.25, -0.2) is 8.42 Å². The molecule has 0 fully saturated rings. The molecule has 1 N–H and O–H groups in total. The first-order valence-electron chi connectivity index (χ1n) is 9.62. The van der Waals surface area contributed by atoms with Gasteiger partial charge in [0.2, 0.25) is 10.0 Å². The quantitative estimate of drug-likeness (QED) is 0.640. The Labute approximate surface area is 177 Å². The lowest BCUT2D eigenvalue weighted by atomic mass is 10.1. The number of aromatic nitrogens is 1. The lowest BCUT2D eigenvalue weighted by Crippen LogP contribution is -2.33. The van der Waals surface area contributed by atoms with Gasteiger partial charge in [0, 0.05) is 24.3 Å². The Hall–Kier alpha value is -3.03. The largest absolute Gasteiger partial charge is 0.322 e. The summed E-state index contributed by atoms with van der Waals surface area (Å²) in [6.45, 7) is 5.41. The molecule has 2 aromatic carbocycles. The first-order chi connectivity index (χ1) is 14.2. The van der Waals surface area contributed by atoms with Gasteiger partial charge < -0.3 is 5.32 Å². The van der Waals surface area contributed by atoms with E-state index >= 15 is 0 Å². The molecule has 30 heavy (non-hydrogen) atoms. The average molecular weight is 424 g/mol. The van der Waals surface area contributed by atoms with Gasteiger partial charge in [-0.2, -0.15) is 4.31 Å². The van der Waals surface area contributed by atoms with Crippen molar-refractivity contribution in [3.8, 4) is 11.3 Å². The van der Waals surface area contributed by atoms with Crippen molar-refractivity contribution in [3.05, 3.63) is 78.0 Å². The van der Waals surface area contributed by atoms with Crippen LogP contribution in [-0.2, 0) is 10.0 Å². The SMILES string of the molecule is Cc1nc(-c2ccccc2)ccc1C(=O)Nc1ccc(S(=O)(=O)N(C)C(C)C)cc1. The molecule has 6 nitrogen and oxygen atoms in total. The van der Waals surface area contributed by atoms with Crippen LogP contribution >= 0.6 is 0 Å². The van der Waals surface area contributed by atoms with E-state index in [0.717, 1.165) is 11.3 Å². The van der Waals surface area contributed by atoms with Gasteiger partial charge in [-0.15, -0.1) is 0 Å². The highest BCUT2D eigenvalue weighted by molar-refractivity contribution is 7.89. The molecule has 0 aliphatic heterocycles. The number of sulfonamides is 1. The molecule has 0 unspecified atom stereocenters. The molecule has 0 radical (unpaired) electrons. The second-order valence-corrected chi connectivity index (χ2v) is 9.29. The van der Waals surface area contributed by atoms with Crippen molar-refractivity contribution < 1.29 is 13.2 Å². The summed E-state index contributed by atoms with van der Waals surface area (Å²) in [5, 5.41) is 2.80. The minimum Gasteiger partial charge on any atom is -0.322 e. The molecule has 0 aliphatic carbocycles. The summed E-state index contributed by atoms with van der Waals surface area (Å²) in [4.78, 5) is 17.4. The number of anilines is 1. The number of hydrogen-bond donors (Lipinski definition) is 1. The van der Waals surface area contributed by atoms with Crippen LogP contribution in [0.25, 0.3) is 11.3 Å². The maximum Gasteiger partial charge on any atom is 0.257 e. The minimum atomic E-state index is -3.56. The summed E-state index contributed by atoms with van der Waals surface area (Å²) < 4.78 is 26.4. The van der Waals surface area contributed by atoms with E-state index in [1.54, 1.807) is 32.2 Å². The molecule has 7 heteroatoms. The summed E-state index contributed by atoms with van der Waals surface area (Å²) in [6.07, 6.45) is 0. The Morgan fingerprint density at radius 3 is 2.17 bits per heavy atom. The van der Waals surface area contributed by atoms with Crippen molar-refractivity contribution in [2.75, 3.05) is 12.4 Å². The molecule has 0 saturated carbocycles. The molecular formula is C23H25N3O3S. The van der Waals surface area contributed by atoms with Gasteiger partial charge in [0.05, 0.1) is 21.8 Å². The van der Waals surface area contributed by atoms with E-state index in [1.807, 2.05) is 50.2 Å². The van der Waals surface area contributed by atoms with Crippen LogP contribution in [0, 0.1) is 6.92 Å². The van der Waals surface area contributed by atoms with Gasteiger partial charge in [-0.1, -0.05) is 30.3 Å². The highest BCUT2D eigenvalue weighted by Gasteiger charge is 2.23. The van der Waals surface area contributed by atoms with Crippen molar-refractivity contribution in [2.45, 2.75) is 31.7 Å². The Kier molecular flexibility index (Phi) is 6.34. The van der Waals surface area contributed by atoms with Gasteiger partial charge in [0.1, 0.15) is 0 Å². The van der Waals surface area contributed by atoms with Gasteiger partial charge in [0.15, 0.2) is 0 Å². The van der Waals surface area contributed by atoms with E-state index in [0.29, 0.717) is 16.9 Å². The third-order valence-corrected chi connectivity index (χ3v) is 6.96. The molecule has 0 bridgehead atoms. The molecule has 0 spiro atoms. The highest BCUT2D eigenvalue weighted by atomic mass is 32.2. The number of carbonyl (C=O) groups is 1. The van der Waals surface area contributed by atoms with Crippen LogP contribution in [0.3, 0.4) is 0 Å². The van der Waals surface area contributed by atoms with Crippen LogP contribution in [0.2, 0.25) is 0 Å². The maximum atomic E-state index is 12.7. The molecule has 1 aromatic heterocycles. The number of nitrogens with one attached hydrogen (secondary N) is 1. The van der Waals surface area contributed by atoms with E-state index in [4.69, 9.17) is 0 Å². The number of aryl methyl sites for hydroxylation is 1. The Morgan fingerprint density at radius 1 is 0.967 bits per heavy atom. The predicted octanol–water partition coefficient (Wildman–Crippen LogP) is 4.34. The van der Waals surface area contributed by atoms with Crippen LogP contribution in [0.15, 0.2) is 71.6 Å². The molecule has 1 amide bonds. The van der Waals surface area contributed by atoms with Crippen LogP contribution in [-0.4, -0.2) is 36.7 Å². The normalized spacial score (nSPS) is 11.7. The van der Waals surface area contributed by atoms with Gasteiger partial charge in [0.25, 0.3) is 5.91 Å². The lowest BCUT2D eigenvalue weighted by molar-refractivity contribution is 0.102. The van der Waals surface area contributed by atoms with Crippen molar-refractivity contribution >= 4 is 21.6 Å². The van der Waals surface area contributed by atoms with Gasteiger partial charge >= 0.3 is 0 Å². The van der Waals surface area contributed by atoms with Gasteiger partial charge in [-0.3, -0.25) is 9.78 Å². The second kappa shape index (κ2) is 8.77. The average Bonchev–Trinajstić information content (AvgIpc) is 2.74. The predicted molar refractivity (Wildman–Crippen MR) is 119 cm³/mol. The summed E-state index contributed by atoms with van der Waals surface area (Å²) in [6, 6.07) is 19.3. The maximum absolute atomic E-state index is 12.7. The monoisotopic (exact) mass is 423 g/mol. The number of rotatable bonds is 6. The van der Waals surface area contributed by atoms with Crippen LogP contribution < -0.4 is 5.32 Å². The minimum absolute atomic E-state index is 0.149. The second-order valence-electron chi connectivity index (χ2n) is 7.29. The lowest BCUT2D eigenvalue weighted by Gasteiger charge is -2.21. The molecule has 0 aliphatic rings. The van der Waals surface area contributed by atoms with E-state index in [2.05, 4.69) is 10.3 Å². The Morgan fingerprint density at radius 2 is 1.60 bits per heavy atom. The zero-order valence-corrected chi connectivity index (χ0v) is 18.3. The highest BCUT2D eigenvalue weighted by Crippen LogP contribution is 2.21. The van der Waals surface area contributed by atoms with Crippen molar-refractivity contribution in [1.82, 2.24) is 9.29 Å². The zero-order valence-electron chi connectivity index (χ0n) is 17.5. The fraction of sp³-hybridized carbons (Fsp3) is 0.217. The third kappa shape index (κ3) is 4.58. The summed E-state index contributed by atoms with van der Waals surface area (Å²) >= 11 is 0. The number of pyridine rings is 1. The smallest absolute Gasteiger partial charge is 0.257 e. The Bertz CT molecular complexity index is 1140. The van der Waals surface area contributed by atoms with E-state index in [9.17, 15) is 13.2 Å². The molecule has 0 saturated heterocycles. The van der Waals surface area contributed by atoms with Crippen LogP contribution in [0.5, 0.6) is 0 Å². The van der Waals surface area contributed by atoms with Crippen molar-refractivity contribution in [3.63, 3.8) is 0 Å². The number of nitrogens with zero attached hydrogens (tertiary/aromatic N) is 2. The fourth-order valence-corrected chi connectivity index (χ4v) is 4.29. The summed E-state index contributed by atoms with van der Waals surface area (Å²) in [7, 11) is -2.02.